The topological polar surface area (TPSA) is 0 Å². The van der Waals surface area contributed by atoms with Crippen LogP contribution in [0.3, 0.4) is 0 Å². The summed E-state index contributed by atoms with van der Waals surface area (Å²) in [6, 6.07) is 20.0. The Morgan fingerprint density at radius 2 is 1.41 bits per heavy atom. The minimum atomic E-state index is 0.794. The van der Waals surface area contributed by atoms with Crippen LogP contribution in [0.2, 0.25) is 0 Å². The molecular formula is C22H28. The van der Waals surface area contributed by atoms with Gasteiger partial charge < -0.3 is 0 Å². The first-order valence-corrected chi connectivity index (χ1v) is 9.02. The van der Waals surface area contributed by atoms with Crippen molar-refractivity contribution in [3.05, 3.63) is 60.2 Å². The molecule has 1 aliphatic rings. The quantitative estimate of drug-likeness (QED) is 0.567. The first-order chi connectivity index (χ1) is 10.9. The Balaban J connectivity index is 1.60. The highest BCUT2D eigenvalue weighted by Crippen LogP contribution is 2.38. The first kappa shape index (κ1) is 15.3. The maximum atomic E-state index is 2.36. The standard InChI is InChI=1S/C22H28/c1-2-3-7-18-10-12-20(13-11-18)22-16-14-21(15-17-22)19-8-5-4-6-9-19/h4-6,8-9,14-18,20H,2-3,7,10-13H2,1H3. The molecule has 0 saturated heterocycles. The Hall–Kier alpha value is -1.56. The van der Waals surface area contributed by atoms with E-state index < -0.39 is 0 Å². The normalized spacial score (nSPS) is 21.7. The van der Waals surface area contributed by atoms with Gasteiger partial charge >= 0.3 is 0 Å². The SMILES string of the molecule is CCCCC1CCC(c2ccc(-c3ccccc3)cc2)CC1. The lowest BCUT2D eigenvalue weighted by molar-refractivity contribution is 0.304. The van der Waals surface area contributed by atoms with Gasteiger partial charge in [0.25, 0.3) is 0 Å². The van der Waals surface area contributed by atoms with Crippen LogP contribution in [0, 0.1) is 5.92 Å². The van der Waals surface area contributed by atoms with Crippen molar-refractivity contribution in [2.24, 2.45) is 5.92 Å². The van der Waals surface area contributed by atoms with Crippen molar-refractivity contribution in [2.75, 3.05) is 0 Å². The lowest BCUT2D eigenvalue weighted by atomic mass is 9.77. The van der Waals surface area contributed by atoms with Crippen LogP contribution < -0.4 is 0 Å². The molecule has 1 saturated carbocycles. The Morgan fingerprint density at radius 3 is 2.05 bits per heavy atom. The molecule has 1 fully saturated rings. The molecule has 2 aromatic rings. The zero-order chi connectivity index (χ0) is 15.2. The molecule has 0 spiro atoms. The average Bonchev–Trinajstić information content (AvgIpc) is 2.61. The second kappa shape index (κ2) is 7.63. The molecule has 0 aliphatic heterocycles. The van der Waals surface area contributed by atoms with Crippen molar-refractivity contribution in [3.8, 4) is 11.1 Å². The van der Waals surface area contributed by atoms with Crippen molar-refractivity contribution < 1.29 is 0 Å². The van der Waals surface area contributed by atoms with E-state index in [1.807, 2.05) is 0 Å². The van der Waals surface area contributed by atoms with Crippen molar-refractivity contribution in [2.45, 2.75) is 57.8 Å². The van der Waals surface area contributed by atoms with Gasteiger partial charge in [0.05, 0.1) is 0 Å². The second-order valence-corrected chi connectivity index (χ2v) is 6.85. The van der Waals surface area contributed by atoms with Crippen LogP contribution in [0.4, 0.5) is 0 Å². The molecule has 0 aromatic heterocycles. The summed E-state index contributed by atoms with van der Waals surface area (Å²) in [5.41, 5.74) is 4.20. The number of unbranched alkanes of at least 4 members (excludes halogenated alkanes) is 1. The summed E-state index contributed by atoms with van der Waals surface area (Å²) in [6.07, 6.45) is 9.87. The van der Waals surface area contributed by atoms with E-state index in [9.17, 15) is 0 Å². The van der Waals surface area contributed by atoms with E-state index in [4.69, 9.17) is 0 Å². The summed E-state index contributed by atoms with van der Waals surface area (Å²) in [5.74, 6) is 1.79. The predicted octanol–water partition coefficient (Wildman–Crippen LogP) is 6.82. The van der Waals surface area contributed by atoms with Crippen LogP contribution in [0.25, 0.3) is 11.1 Å². The highest BCUT2D eigenvalue weighted by atomic mass is 14.3. The van der Waals surface area contributed by atoms with Gasteiger partial charge in [-0.15, -0.1) is 0 Å². The number of rotatable bonds is 5. The van der Waals surface area contributed by atoms with Gasteiger partial charge in [0.15, 0.2) is 0 Å². The van der Waals surface area contributed by atoms with E-state index in [1.54, 1.807) is 5.56 Å². The van der Waals surface area contributed by atoms with Crippen molar-refractivity contribution in [3.63, 3.8) is 0 Å². The highest BCUT2D eigenvalue weighted by molar-refractivity contribution is 5.63. The second-order valence-electron chi connectivity index (χ2n) is 6.85. The lowest BCUT2D eigenvalue weighted by Crippen LogP contribution is -2.13. The summed E-state index contributed by atoms with van der Waals surface area (Å²) in [6.45, 7) is 2.31. The van der Waals surface area contributed by atoms with E-state index in [2.05, 4.69) is 61.5 Å². The van der Waals surface area contributed by atoms with Crippen LogP contribution in [-0.4, -0.2) is 0 Å². The van der Waals surface area contributed by atoms with Crippen LogP contribution >= 0.6 is 0 Å². The average molecular weight is 292 g/mol. The molecule has 0 heteroatoms. The zero-order valence-corrected chi connectivity index (χ0v) is 13.8. The number of hydrogen-bond acceptors (Lipinski definition) is 0. The summed E-state index contributed by atoms with van der Waals surface area (Å²) in [5, 5.41) is 0. The van der Waals surface area contributed by atoms with Gasteiger partial charge in [0.1, 0.15) is 0 Å². The molecule has 3 rings (SSSR count). The van der Waals surface area contributed by atoms with Crippen LogP contribution in [0.5, 0.6) is 0 Å². The minimum absolute atomic E-state index is 0.794. The predicted molar refractivity (Wildman–Crippen MR) is 96.1 cm³/mol. The number of hydrogen-bond donors (Lipinski definition) is 0. The molecule has 0 amide bonds. The van der Waals surface area contributed by atoms with Gasteiger partial charge in [0.2, 0.25) is 0 Å². The van der Waals surface area contributed by atoms with Crippen LogP contribution in [-0.2, 0) is 0 Å². The van der Waals surface area contributed by atoms with Crippen LogP contribution in [0.15, 0.2) is 54.6 Å². The fourth-order valence-electron chi connectivity index (χ4n) is 3.86. The molecule has 0 atom stereocenters. The maximum absolute atomic E-state index is 2.36. The van der Waals surface area contributed by atoms with Crippen molar-refractivity contribution in [1.29, 1.82) is 0 Å². The van der Waals surface area contributed by atoms with E-state index in [0.29, 0.717) is 0 Å². The summed E-state index contributed by atoms with van der Waals surface area (Å²) < 4.78 is 0. The smallest absolute Gasteiger partial charge is 0.0162 e. The summed E-state index contributed by atoms with van der Waals surface area (Å²) in [7, 11) is 0. The summed E-state index contributed by atoms with van der Waals surface area (Å²) in [4.78, 5) is 0. The molecule has 22 heavy (non-hydrogen) atoms. The first-order valence-electron chi connectivity index (χ1n) is 9.02. The van der Waals surface area contributed by atoms with Gasteiger partial charge in [-0.25, -0.2) is 0 Å². The van der Waals surface area contributed by atoms with E-state index in [1.165, 1.54) is 56.1 Å². The fourth-order valence-corrected chi connectivity index (χ4v) is 3.86. The van der Waals surface area contributed by atoms with Gasteiger partial charge in [-0.2, -0.15) is 0 Å². The third-order valence-electron chi connectivity index (χ3n) is 5.30. The van der Waals surface area contributed by atoms with Gasteiger partial charge in [-0.3, -0.25) is 0 Å². The molecule has 1 aliphatic carbocycles. The largest absolute Gasteiger partial charge is 0.0654 e. The van der Waals surface area contributed by atoms with Gasteiger partial charge in [0, 0.05) is 0 Å². The molecule has 0 radical (unpaired) electrons. The Labute approximate surface area is 135 Å². The third-order valence-corrected chi connectivity index (χ3v) is 5.30. The maximum Gasteiger partial charge on any atom is -0.0162 e. The van der Waals surface area contributed by atoms with E-state index in [0.717, 1.165) is 11.8 Å². The Kier molecular flexibility index (Phi) is 5.32. The Bertz CT molecular complexity index is 544. The third kappa shape index (κ3) is 3.80. The van der Waals surface area contributed by atoms with Crippen molar-refractivity contribution in [1.82, 2.24) is 0 Å². The van der Waals surface area contributed by atoms with E-state index in [-0.39, 0.29) is 0 Å². The minimum Gasteiger partial charge on any atom is -0.0654 e. The molecule has 0 heterocycles. The monoisotopic (exact) mass is 292 g/mol. The fraction of sp³-hybridized carbons (Fsp3) is 0.455. The zero-order valence-electron chi connectivity index (χ0n) is 13.8. The lowest BCUT2D eigenvalue weighted by Gasteiger charge is -2.29. The molecule has 2 aromatic carbocycles. The molecule has 0 N–H and O–H groups in total. The molecule has 0 unspecified atom stereocenters. The van der Waals surface area contributed by atoms with Crippen molar-refractivity contribution >= 4 is 0 Å². The van der Waals surface area contributed by atoms with E-state index >= 15 is 0 Å². The molecule has 0 bridgehead atoms. The van der Waals surface area contributed by atoms with Gasteiger partial charge in [-0.1, -0.05) is 80.8 Å². The Morgan fingerprint density at radius 1 is 0.773 bits per heavy atom. The van der Waals surface area contributed by atoms with Crippen LogP contribution in [0.1, 0.15) is 63.4 Å². The number of benzene rings is 2. The molecule has 116 valence electrons. The summed E-state index contributed by atoms with van der Waals surface area (Å²) >= 11 is 0. The van der Waals surface area contributed by atoms with Gasteiger partial charge in [-0.05, 0) is 54.2 Å². The molecular weight excluding hydrogens is 264 g/mol. The highest BCUT2D eigenvalue weighted by Gasteiger charge is 2.21. The molecule has 0 nitrogen and oxygen atoms in total.